The van der Waals surface area contributed by atoms with Crippen LogP contribution < -0.4 is 5.32 Å². The normalized spacial score (nSPS) is 13.4. The predicted molar refractivity (Wildman–Crippen MR) is 91.6 cm³/mol. The van der Waals surface area contributed by atoms with Crippen LogP contribution in [0.15, 0.2) is 71.6 Å². The molecule has 0 unspecified atom stereocenters. The molecule has 124 valence electrons. The number of nitrogens with zero attached hydrogens (tertiary/aromatic N) is 2. The fourth-order valence-electron chi connectivity index (χ4n) is 2.85. The Morgan fingerprint density at radius 2 is 2.04 bits per heavy atom. The van der Waals surface area contributed by atoms with Crippen molar-refractivity contribution in [3.63, 3.8) is 0 Å². The number of carbonyl (C=O) groups is 1. The van der Waals surface area contributed by atoms with Crippen LogP contribution in [0.3, 0.4) is 0 Å². The molecule has 5 heteroatoms. The first kappa shape index (κ1) is 16.1. The highest BCUT2D eigenvalue weighted by Crippen LogP contribution is 2.21. The lowest BCUT2D eigenvalue weighted by atomic mass is 9.95. The number of aromatic nitrogens is 2. The van der Waals surface area contributed by atoms with Gasteiger partial charge in [0, 0.05) is 18.9 Å². The van der Waals surface area contributed by atoms with E-state index in [-0.39, 0.29) is 17.9 Å². The fraction of sp³-hybridized carbons (Fsp3) is 0.263. The molecule has 1 N–H and O–H groups in total. The van der Waals surface area contributed by atoms with E-state index in [2.05, 4.69) is 10.4 Å². The van der Waals surface area contributed by atoms with Crippen LogP contribution in [-0.2, 0) is 4.79 Å². The predicted octanol–water partition coefficient (Wildman–Crippen LogP) is 3.38. The summed E-state index contributed by atoms with van der Waals surface area (Å²) in [6, 6.07) is 15.3. The van der Waals surface area contributed by atoms with Gasteiger partial charge in [-0.15, -0.1) is 0 Å². The van der Waals surface area contributed by atoms with Crippen molar-refractivity contribution in [3.05, 3.63) is 78.5 Å². The van der Waals surface area contributed by atoms with E-state index in [0.29, 0.717) is 6.54 Å². The lowest BCUT2D eigenvalue weighted by molar-refractivity contribution is -0.122. The van der Waals surface area contributed by atoms with E-state index in [4.69, 9.17) is 4.42 Å². The molecule has 0 bridgehead atoms. The molecule has 0 fully saturated rings. The summed E-state index contributed by atoms with van der Waals surface area (Å²) < 4.78 is 7.31. The van der Waals surface area contributed by atoms with Gasteiger partial charge in [-0.2, -0.15) is 5.10 Å². The van der Waals surface area contributed by atoms with Crippen LogP contribution in [0.1, 0.15) is 36.6 Å². The van der Waals surface area contributed by atoms with Gasteiger partial charge in [-0.25, -0.2) is 0 Å². The van der Waals surface area contributed by atoms with E-state index in [0.717, 1.165) is 17.7 Å². The fourth-order valence-corrected chi connectivity index (χ4v) is 2.85. The van der Waals surface area contributed by atoms with Crippen LogP contribution in [0.5, 0.6) is 0 Å². The van der Waals surface area contributed by atoms with Crippen LogP contribution in [0.4, 0.5) is 0 Å². The second-order valence-electron chi connectivity index (χ2n) is 5.63. The van der Waals surface area contributed by atoms with Crippen LogP contribution >= 0.6 is 0 Å². The molecule has 0 aliphatic heterocycles. The van der Waals surface area contributed by atoms with Crippen molar-refractivity contribution in [1.29, 1.82) is 0 Å². The van der Waals surface area contributed by atoms with Gasteiger partial charge in [0.2, 0.25) is 5.91 Å². The Kier molecular flexibility index (Phi) is 5.11. The molecule has 2 atom stereocenters. The van der Waals surface area contributed by atoms with Crippen LogP contribution in [-0.4, -0.2) is 22.2 Å². The average Bonchev–Trinajstić information content (AvgIpc) is 3.31. The second-order valence-corrected chi connectivity index (χ2v) is 5.63. The summed E-state index contributed by atoms with van der Waals surface area (Å²) in [5.74, 6) is 0.639. The average molecular weight is 323 g/mol. The van der Waals surface area contributed by atoms with Crippen molar-refractivity contribution in [1.82, 2.24) is 15.1 Å². The maximum atomic E-state index is 12.6. The standard InChI is InChI=1S/C19H21N3O2/c1-2-16(15-8-4-3-5-9-15)19(23)20-14-17(18-10-6-13-24-18)22-12-7-11-21-22/h3-13,16-17H,2,14H2,1H3,(H,20,23)/t16-,17-/m0/s1. The zero-order valence-electron chi connectivity index (χ0n) is 13.6. The zero-order chi connectivity index (χ0) is 16.8. The number of hydrogen-bond acceptors (Lipinski definition) is 3. The molecule has 0 saturated heterocycles. The molecule has 0 saturated carbocycles. The molecule has 3 rings (SSSR count). The Bertz CT molecular complexity index is 702. The molecule has 5 nitrogen and oxygen atoms in total. The van der Waals surface area contributed by atoms with Gasteiger partial charge in [0.15, 0.2) is 0 Å². The summed E-state index contributed by atoms with van der Waals surface area (Å²) in [6.07, 6.45) is 5.97. The smallest absolute Gasteiger partial charge is 0.227 e. The maximum Gasteiger partial charge on any atom is 0.227 e. The Hall–Kier alpha value is -2.82. The summed E-state index contributed by atoms with van der Waals surface area (Å²) in [4.78, 5) is 12.6. The molecule has 3 aromatic rings. The van der Waals surface area contributed by atoms with Crippen LogP contribution in [0.2, 0.25) is 0 Å². The molecular weight excluding hydrogens is 302 g/mol. The molecule has 2 heterocycles. The quantitative estimate of drug-likeness (QED) is 0.725. The first-order valence-corrected chi connectivity index (χ1v) is 8.14. The number of rotatable bonds is 7. The maximum absolute atomic E-state index is 12.6. The molecule has 2 aromatic heterocycles. The van der Waals surface area contributed by atoms with Gasteiger partial charge in [-0.1, -0.05) is 37.3 Å². The van der Waals surface area contributed by atoms with Gasteiger partial charge in [-0.3, -0.25) is 9.48 Å². The van der Waals surface area contributed by atoms with Gasteiger partial charge in [0.25, 0.3) is 0 Å². The second kappa shape index (κ2) is 7.64. The minimum atomic E-state index is -0.160. The molecule has 1 amide bonds. The summed E-state index contributed by atoms with van der Waals surface area (Å²) >= 11 is 0. The van der Waals surface area contributed by atoms with Crippen molar-refractivity contribution in [2.24, 2.45) is 0 Å². The van der Waals surface area contributed by atoms with Gasteiger partial charge in [0.05, 0.1) is 12.2 Å². The van der Waals surface area contributed by atoms with Gasteiger partial charge < -0.3 is 9.73 Å². The Morgan fingerprint density at radius 3 is 2.67 bits per heavy atom. The topological polar surface area (TPSA) is 60.1 Å². The third-order valence-electron chi connectivity index (χ3n) is 4.11. The number of furan rings is 1. The third-order valence-corrected chi connectivity index (χ3v) is 4.11. The van der Waals surface area contributed by atoms with Gasteiger partial charge >= 0.3 is 0 Å². The first-order valence-electron chi connectivity index (χ1n) is 8.14. The third kappa shape index (κ3) is 3.56. The molecular formula is C19H21N3O2. The van der Waals surface area contributed by atoms with Crippen LogP contribution in [0.25, 0.3) is 0 Å². The summed E-state index contributed by atoms with van der Waals surface area (Å²) in [6.45, 7) is 2.45. The number of amides is 1. The highest BCUT2D eigenvalue weighted by atomic mass is 16.3. The Morgan fingerprint density at radius 1 is 1.21 bits per heavy atom. The molecule has 0 radical (unpaired) electrons. The monoisotopic (exact) mass is 323 g/mol. The largest absolute Gasteiger partial charge is 0.467 e. The van der Waals surface area contributed by atoms with E-state index >= 15 is 0 Å². The summed E-state index contributed by atoms with van der Waals surface area (Å²) in [5.41, 5.74) is 1.03. The Labute approximate surface area is 141 Å². The molecule has 0 aliphatic rings. The summed E-state index contributed by atoms with van der Waals surface area (Å²) in [7, 11) is 0. The number of carbonyl (C=O) groups excluding carboxylic acids is 1. The highest BCUT2D eigenvalue weighted by molar-refractivity contribution is 5.83. The Balaban J connectivity index is 1.71. The van der Waals surface area contributed by atoms with Gasteiger partial charge in [0.1, 0.15) is 11.8 Å². The molecule has 0 aliphatic carbocycles. The molecule has 0 spiro atoms. The van der Waals surface area contributed by atoms with E-state index < -0.39 is 0 Å². The van der Waals surface area contributed by atoms with Crippen LogP contribution in [0, 0.1) is 0 Å². The van der Waals surface area contributed by atoms with E-state index in [9.17, 15) is 4.79 Å². The minimum Gasteiger partial charge on any atom is -0.467 e. The first-order chi connectivity index (χ1) is 11.8. The van der Waals surface area contributed by atoms with Crippen molar-refractivity contribution in [2.75, 3.05) is 6.54 Å². The van der Waals surface area contributed by atoms with Crippen molar-refractivity contribution >= 4 is 5.91 Å². The van der Waals surface area contributed by atoms with Crippen molar-refractivity contribution in [2.45, 2.75) is 25.3 Å². The van der Waals surface area contributed by atoms with E-state index in [1.807, 2.05) is 61.7 Å². The number of benzene rings is 1. The molecule has 1 aromatic carbocycles. The number of hydrogen-bond donors (Lipinski definition) is 1. The highest BCUT2D eigenvalue weighted by Gasteiger charge is 2.22. The minimum absolute atomic E-state index is 0.0208. The van der Waals surface area contributed by atoms with Crippen molar-refractivity contribution in [3.8, 4) is 0 Å². The summed E-state index contributed by atoms with van der Waals surface area (Å²) in [5, 5.41) is 7.33. The lowest BCUT2D eigenvalue weighted by Crippen LogP contribution is -2.34. The van der Waals surface area contributed by atoms with Gasteiger partial charge in [-0.05, 0) is 30.2 Å². The SMILES string of the molecule is CC[C@H](C(=O)NC[C@@H](c1ccco1)n1cccn1)c1ccccc1. The molecule has 24 heavy (non-hydrogen) atoms. The van der Waals surface area contributed by atoms with Crippen molar-refractivity contribution < 1.29 is 9.21 Å². The van der Waals surface area contributed by atoms with E-state index in [1.165, 1.54) is 0 Å². The number of nitrogens with one attached hydrogen (secondary N) is 1. The van der Waals surface area contributed by atoms with E-state index in [1.54, 1.807) is 17.1 Å². The zero-order valence-corrected chi connectivity index (χ0v) is 13.6. The lowest BCUT2D eigenvalue weighted by Gasteiger charge is -2.19.